The first kappa shape index (κ1) is 26.5. The standard InChI is InChI=1S/C12H28O4P2S6/c1-13-17(19,14-2)9-5-7-11-21-23-24-22-12-8-6-10-18(20,15-3)16-4/h5-12H2,1-4H3. The number of unbranched alkanes of at least 4 members (excludes halogenated alkanes) is 2. The monoisotopic (exact) mass is 490 g/mol. The van der Waals surface area contributed by atoms with Crippen molar-refractivity contribution in [3.63, 3.8) is 0 Å². The molecule has 0 aromatic rings. The molecule has 0 aliphatic heterocycles. The van der Waals surface area contributed by atoms with Crippen molar-refractivity contribution in [1.29, 1.82) is 0 Å². The van der Waals surface area contributed by atoms with Crippen molar-refractivity contribution in [2.75, 3.05) is 52.3 Å². The van der Waals surface area contributed by atoms with Gasteiger partial charge in [-0.3, -0.25) is 0 Å². The Bertz CT molecular complexity index is 350. The van der Waals surface area contributed by atoms with Gasteiger partial charge in [0, 0.05) is 52.3 Å². The Morgan fingerprint density at radius 1 is 0.625 bits per heavy atom. The van der Waals surface area contributed by atoms with Gasteiger partial charge in [0.05, 0.1) is 0 Å². The van der Waals surface area contributed by atoms with Crippen LogP contribution in [-0.2, 0) is 41.7 Å². The highest BCUT2D eigenvalue weighted by Gasteiger charge is 2.14. The first-order chi connectivity index (χ1) is 11.4. The second-order valence-electron chi connectivity index (χ2n) is 4.59. The lowest BCUT2D eigenvalue weighted by Gasteiger charge is -2.17. The molecule has 0 bridgehead atoms. The van der Waals surface area contributed by atoms with Crippen LogP contribution in [0.25, 0.3) is 0 Å². The Morgan fingerprint density at radius 2 is 0.958 bits per heavy atom. The third-order valence-electron chi connectivity index (χ3n) is 3.06. The van der Waals surface area contributed by atoms with E-state index in [1.165, 1.54) is 0 Å². The van der Waals surface area contributed by atoms with Crippen LogP contribution in [0.15, 0.2) is 0 Å². The van der Waals surface area contributed by atoms with Crippen molar-refractivity contribution < 1.29 is 18.1 Å². The minimum atomic E-state index is -1.99. The third-order valence-corrected chi connectivity index (χ3v) is 16.5. The van der Waals surface area contributed by atoms with Gasteiger partial charge in [0.1, 0.15) is 0 Å². The fraction of sp³-hybridized carbons (Fsp3) is 1.00. The zero-order chi connectivity index (χ0) is 18.3. The predicted octanol–water partition coefficient (Wildman–Crippen LogP) is 6.43. The van der Waals surface area contributed by atoms with Crippen molar-refractivity contribution in [2.45, 2.75) is 25.7 Å². The molecule has 0 aromatic heterocycles. The van der Waals surface area contributed by atoms with Gasteiger partial charge >= 0.3 is 0 Å². The van der Waals surface area contributed by atoms with E-state index in [4.69, 9.17) is 41.7 Å². The van der Waals surface area contributed by atoms with Crippen LogP contribution < -0.4 is 0 Å². The van der Waals surface area contributed by atoms with Crippen LogP contribution >= 0.6 is 54.2 Å². The van der Waals surface area contributed by atoms with Crippen LogP contribution in [0.4, 0.5) is 0 Å². The van der Waals surface area contributed by atoms with Crippen molar-refractivity contribution in [2.24, 2.45) is 0 Å². The molecule has 0 saturated heterocycles. The van der Waals surface area contributed by atoms with E-state index in [-0.39, 0.29) is 0 Å². The summed E-state index contributed by atoms with van der Waals surface area (Å²) in [5, 5.41) is 0. The van der Waals surface area contributed by atoms with Gasteiger partial charge in [-0.15, -0.1) is 0 Å². The van der Waals surface area contributed by atoms with Gasteiger partial charge in [-0.05, 0) is 68.9 Å². The van der Waals surface area contributed by atoms with E-state index in [1.807, 2.05) is 41.2 Å². The van der Waals surface area contributed by atoms with Crippen LogP contribution in [-0.4, -0.2) is 52.3 Å². The molecule has 0 unspecified atom stereocenters. The molecule has 12 heteroatoms. The molecule has 0 rings (SSSR count). The molecule has 0 radical (unpaired) electrons. The third kappa shape index (κ3) is 13.7. The zero-order valence-corrected chi connectivity index (χ0v) is 21.3. The minimum Gasteiger partial charge on any atom is -0.333 e. The van der Waals surface area contributed by atoms with Crippen molar-refractivity contribution in [3.05, 3.63) is 0 Å². The summed E-state index contributed by atoms with van der Waals surface area (Å²) in [7, 11) is 14.1. The molecule has 0 aliphatic carbocycles. The maximum absolute atomic E-state index is 5.34. The van der Waals surface area contributed by atoms with Gasteiger partial charge in [0.25, 0.3) is 0 Å². The van der Waals surface area contributed by atoms with Crippen LogP contribution in [0.1, 0.15) is 25.7 Å². The molecule has 24 heavy (non-hydrogen) atoms. The van der Waals surface area contributed by atoms with Gasteiger partial charge < -0.3 is 18.1 Å². The molecule has 0 amide bonds. The number of rotatable bonds is 17. The Balaban J connectivity index is 3.38. The molecule has 0 aromatic carbocycles. The Kier molecular flexibility index (Phi) is 18.2. The fourth-order valence-corrected chi connectivity index (χ4v) is 10.8. The number of hydrogen-bond donors (Lipinski definition) is 0. The van der Waals surface area contributed by atoms with E-state index in [2.05, 4.69) is 0 Å². The predicted molar refractivity (Wildman–Crippen MR) is 125 cm³/mol. The van der Waals surface area contributed by atoms with Gasteiger partial charge in [-0.1, -0.05) is 21.6 Å². The second kappa shape index (κ2) is 16.5. The van der Waals surface area contributed by atoms with Crippen molar-refractivity contribution in [3.8, 4) is 0 Å². The molecule has 0 aliphatic rings. The molecule has 4 nitrogen and oxygen atoms in total. The number of hydrogen-bond acceptors (Lipinski definition) is 10. The normalized spacial score (nSPS) is 12.7. The van der Waals surface area contributed by atoms with E-state index < -0.39 is 13.0 Å². The smallest absolute Gasteiger partial charge is 0.188 e. The lowest BCUT2D eigenvalue weighted by atomic mass is 10.4. The molecule has 0 saturated carbocycles. The van der Waals surface area contributed by atoms with Crippen LogP contribution in [0, 0.1) is 0 Å². The Morgan fingerprint density at radius 3 is 1.25 bits per heavy atom. The van der Waals surface area contributed by atoms with Gasteiger partial charge in [0.2, 0.25) is 0 Å². The van der Waals surface area contributed by atoms with Gasteiger partial charge in [-0.2, -0.15) is 0 Å². The molecule has 0 atom stereocenters. The van der Waals surface area contributed by atoms with E-state index in [1.54, 1.807) is 28.4 Å². The zero-order valence-electron chi connectivity index (χ0n) is 14.6. The summed E-state index contributed by atoms with van der Waals surface area (Å²) in [6.45, 7) is -3.98. The van der Waals surface area contributed by atoms with Crippen molar-refractivity contribution >= 4 is 77.8 Å². The summed E-state index contributed by atoms with van der Waals surface area (Å²) in [5.74, 6) is 2.26. The first-order valence-electron chi connectivity index (χ1n) is 7.44. The largest absolute Gasteiger partial charge is 0.333 e. The summed E-state index contributed by atoms with van der Waals surface area (Å²) < 4.78 is 21.1. The highest BCUT2D eigenvalue weighted by Crippen LogP contribution is 2.49. The lowest BCUT2D eigenvalue weighted by molar-refractivity contribution is 0.336. The van der Waals surface area contributed by atoms with Crippen LogP contribution in [0.2, 0.25) is 0 Å². The molecule has 0 fully saturated rings. The lowest BCUT2D eigenvalue weighted by Crippen LogP contribution is -1.95. The quantitative estimate of drug-likeness (QED) is 0.129. The molecular weight excluding hydrogens is 462 g/mol. The van der Waals surface area contributed by atoms with E-state index in [0.29, 0.717) is 0 Å². The summed E-state index contributed by atoms with van der Waals surface area (Å²) in [6.07, 6.45) is 6.14. The van der Waals surface area contributed by atoms with E-state index in [0.717, 1.165) is 49.5 Å². The fourth-order valence-electron chi connectivity index (χ4n) is 1.55. The molecule has 146 valence electrons. The summed E-state index contributed by atoms with van der Waals surface area (Å²) in [6, 6.07) is 0. The summed E-state index contributed by atoms with van der Waals surface area (Å²) in [5.41, 5.74) is 0. The average molecular weight is 491 g/mol. The molecule has 0 N–H and O–H groups in total. The topological polar surface area (TPSA) is 36.9 Å². The molecular formula is C12H28O4P2S6. The summed E-state index contributed by atoms with van der Waals surface area (Å²) in [4.78, 5) is 0. The van der Waals surface area contributed by atoms with Crippen LogP contribution in [0.3, 0.4) is 0 Å². The Hall–Kier alpha value is 2.54. The highest BCUT2D eigenvalue weighted by molar-refractivity contribution is 9.26. The maximum atomic E-state index is 5.34. The van der Waals surface area contributed by atoms with Crippen LogP contribution in [0.5, 0.6) is 0 Å². The highest BCUT2D eigenvalue weighted by atomic mass is 33.7. The minimum absolute atomic E-state index is 0.860. The average Bonchev–Trinajstić information content (AvgIpc) is 2.62. The second-order valence-corrected chi connectivity index (χ2v) is 19.0. The molecule has 0 heterocycles. The Labute approximate surface area is 172 Å². The van der Waals surface area contributed by atoms with E-state index in [9.17, 15) is 0 Å². The SMILES string of the molecule is COP(=S)(CCCCSSSSCCCCP(=S)(OC)OC)OC. The van der Waals surface area contributed by atoms with Crippen molar-refractivity contribution in [1.82, 2.24) is 0 Å². The summed E-state index contributed by atoms with van der Waals surface area (Å²) >= 11 is 10.7. The first-order valence-corrected chi connectivity index (χ1v) is 18.2. The maximum Gasteiger partial charge on any atom is 0.188 e. The van der Waals surface area contributed by atoms with Gasteiger partial charge in [0.15, 0.2) is 13.0 Å². The van der Waals surface area contributed by atoms with E-state index >= 15 is 0 Å². The van der Waals surface area contributed by atoms with Gasteiger partial charge in [-0.25, -0.2) is 0 Å². The molecule has 0 spiro atoms.